The maximum absolute atomic E-state index is 13.2. The highest BCUT2D eigenvalue weighted by Crippen LogP contribution is 2.42. The van der Waals surface area contributed by atoms with Gasteiger partial charge in [-0.05, 0) is 56.5 Å². The van der Waals surface area contributed by atoms with Crippen molar-refractivity contribution in [3.8, 4) is 5.69 Å². The zero-order chi connectivity index (χ0) is 16.0. The highest BCUT2D eigenvalue weighted by molar-refractivity contribution is 5.92. The average molecular weight is 315 g/mol. The van der Waals surface area contributed by atoms with Crippen LogP contribution < -0.4 is 10.6 Å². The molecule has 2 fully saturated rings. The largest absolute Gasteiger partial charge is 0.346 e. The van der Waals surface area contributed by atoms with E-state index in [2.05, 4.69) is 20.9 Å². The normalized spacial score (nSPS) is 21.6. The molecule has 7 heteroatoms. The van der Waals surface area contributed by atoms with Gasteiger partial charge in [0.1, 0.15) is 5.82 Å². The highest BCUT2D eigenvalue weighted by atomic mass is 19.1. The number of aromatic nitrogens is 3. The van der Waals surface area contributed by atoms with Gasteiger partial charge in [0.15, 0.2) is 5.69 Å². The molecule has 2 heterocycles. The summed E-state index contributed by atoms with van der Waals surface area (Å²) < 4.78 is 14.7. The Hall–Kier alpha value is -2.28. The van der Waals surface area contributed by atoms with Crippen molar-refractivity contribution in [3.05, 3.63) is 41.5 Å². The molecule has 1 saturated heterocycles. The van der Waals surface area contributed by atoms with Crippen molar-refractivity contribution in [3.63, 3.8) is 0 Å². The maximum Gasteiger partial charge on any atom is 0.273 e. The van der Waals surface area contributed by atoms with Gasteiger partial charge in [-0.25, -0.2) is 9.07 Å². The Balaban J connectivity index is 1.52. The van der Waals surface area contributed by atoms with Crippen LogP contribution in [0.1, 0.15) is 35.3 Å². The first-order chi connectivity index (χ1) is 11.1. The molecule has 2 aliphatic rings. The molecule has 1 aromatic carbocycles. The summed E-state index contributed by atoms with van der Waals surface area (Å²) >= 11 is 0. The van der Waals surface area contributed by atoms with Crippen LogP contribution in [0, 0.1) is 12.7 Å². The summed E-state index contributed by atoms with van der Waals surface area (Å²) in [7, 11) is 0. The molecule has 1 aliphatic carbocycles. The van der Waals surface area contributed by atoms with Crippen LogP contribution in [0.4, 0.5) is 4.39 Å². The number of halogens is 1. The summed E-state index contributed by atoms with van der Waals surface area (Å²) in [5, 5.41) is 14.5. The molecule has 1 spiro atoms. The van der Waals surface area contributed by atoms with Crippen LogP contribution >= 0.6 is 0 Å². The molecule has 1 atom stereocenters. The van der Waals surface area contributed by atoms with E-state index < -0.39 is 0 Å². The van der Waals surface area contributed by atoms with Crippen LogP contribution in [0.2, 0.25) is 0 Å². The van der Waals surface area contributed by atoms with E-state index in [0.717, 1.165) is 31.4 Å². The predicted molar refractivity (Wildman–Crippen MR) is 81.9 cm³/mol. The number of aryl methyl sites for hydroxylation is 1. The average Bonchev–Trinajstić information content (AvgIpc) is 2.95. The molecule has 6 nitrogen and oxygen atoms in total. The van der Waals surface area contributed by atoms with E-state index in [1.54, 1.807) is 19.2 Å². The standard InChI is InChI=1S/C16H18FN5O/c1-10-8-11(17)2-3-13(10)22-9-12(20-21-22)15(23)19-14-4-7-18-16(14)5-6-16/h2-3,8-9,14,18H,4-7H2,1H3,(H,19,23). The summed E-state index contributed by atoms with van der Waals surface area (Å²) in [6, 6.07) is 4.58. The number of nitrogens with one attached hydrogen (secondary N) is 2. The number of hydrogen-bond acceptors (Lipinski definition) is 4. The van der Waals surface area contributed by atoms with Gasteiger partial charge < -0.3 is 10.6 Å². The van der Waals surface area contributed by atoms with Crippen LogP contribution in [-0.2, 0) is 0 Å². The number of carbonyl (C=O) groups excluding carboxylic acids is 1. The number of rotatable bonds is 3. The molecule has 0 bridgehead atoms. The van der Waals surface area contributed by atoms with Gasteiger partial charge >= 0.3 is 0 Å². The molecule has 23 heavy (non-hydrogen) atoms. The van der Waals surface area contributed by atoms with Crippen molar-refractivity contribution < 1.29 is 9.18 Å². The molecular weight excluding hydrogens is 297 g/mol. The second-order valence-corrected chi connectivity index (χ2v) is 6.38. The van der Waals surface area contributed by atoms with Gasteiger partial charge in [-0.2, -0.15) is 0 Å². The minimum atomic E-state index is -0.298. The summed E-state index contributed by atoms with van der Waals surface area (Å²) in [4.78, 5) is 12.4. The third-order valence-corrected chi connectivity index (χ3v) is 4.80. The molecular formula is C16H18FN5O. The number of hydrogen-bond donors (Lipinski definition) is 2. The fourth-order valence-electron chi connectivity index (χ4n) is 3.33. The monoisotopic (exact) mass is 315 g/mol. The van der Waals surface area contributed by atoms with Crippen molar-refractivity contribution in [2.75, 3.05) is 6.54 Å². The van der Waals surface area contributed by atoms with Gasteiger partial charge in [0, 0.05) is 11.6 Å². The lowest BCUT2D eigenvalue weighted by molar-refractivity contribution is 0.0926. The Morgan fingerprint density at radius 3 is 3.04 bits per heavy atom. The second-order valence-electron chi connectivity index (χ2n) is 6.38. The smallest absolute Gasteiger partial charge is 0.273 e. The van der Waals surface area contributed by atoms with Crippen molar-refractivity contribution in [1.82, 2.24) is 25.6 Å². The summed E-state index contributed by atoms with van der Waals surface area (Å²) in [5.41, 5.74) is 1.83. The minimum absolute atomic E-state index is 0.110. The lowest BCUT2D eigenvalue weighted by Crippen LogP contribution is -2.45. The SMILES string of the molecule is Cc1cc(F)ccc1-n1cc(C(=O)NC2CCNC23CC3)nn1. The van der Waals surface area contributed by atoms with Crippen LogP contribution in [-0.4, -0.2) is 39.0 Å². The number of carbonyl (C=O) groups is 1. The van der Waals surface area contributed by atoms with Gasteiger partial charge in [-0.3, -0.25) is 4.79 Å². The molecule has 1 unspecified atom stereocenters. The first-order valence-electron chi connectivity index (χ1n) is 7.82. The lowest BCUT2D eigenvalue weighted by Gasteiger charge is -2.18. The van der Waals surface area contributed by atoms with Crippen molar-refractivity contribution in [2.24, 2.45) is 0 Å². The quantitative estimate of drug-likeness (QED) is 0.896. The van der Waals surface area contributed by atoms with E-state index in [-0.39, 0.29) is 29.0 Å². The molecule has 2 aromatic rings. The van der Waals surface area contributed by atoms with Crippen LogP contribution in [0.15, 0.2) is 24.4 Å². The van der Waals surface area contributed by atoms with Gasteiger partial charge in [0.2, 0.25) is 0 Å². The van der Waals surface area contributed by atoms with Gasteiger partial charge in [0.05, 0.1) is 11.9 Å². The van der Waals surface area contributed by atoms with Gasteiger partial charge in [-0.15, -0.1) is 5.10 Å². The Kier molecular flexibility index (Phi) is 3.19. The van der Waals surface area contributed by atoms with E-state index in [1.807, 2.05) is 0 Å². The van der Waals surface area contributed by atoms with Crippen molar-refractivity contribution >= 4 is 5.91 Å². The summed E-state index contributed by atoms with van der Waals surface area (Å²) in [6.07, 6.45) is 4.74. The van der Waals surface area contributed by atoms with Crippen molar-refractivity contribution in [1.29, 1.82) is 0 Å². The first-order valence-corrected chi connectivity index (χ1v) is 7.82. The van der Waals surface area contributed by atoms with Crippen molar-refractivity contribution in [2.45, 2.75) is 37.8 Å². The van der Waals surface area contributed by atoms with E-state index in [9.17, 15) is 9.18 Å². The lowest BCUT2D eigenvalue weighted by atomic mass is 10.1. The van der Waals surface area contributed by atoms with Crippen LogP contribution in [0.3, 0.4) is 0 Å². The number of benzene rings is 1. The molecule has 2 N–H and O–H groups in total. The van der Waals surface area contributed by atoms with Gasteiger partial charge in [-0.1, -0.05) is 5.21 Å². The van der Waals surface area contributed by atoms with E-state index in [0.29, 0.717) is 5.69 Å². The Bertz CT molecular complexity index is 768. The fourth-order valence-corrected chi connectivity index (χ4v) is 3.33. The Morgan fingerprint density at radius 1 is 1.48 bits per heavy atom. The Morgan fingerprint density at radius 2 is 2.30 bits per heavy atom. The van der Waals surface area contributed by atoms with Crippen LogP contribution in [0.5, 0.6) is 0 Å². The number of nitrogens with zero attached hydrogens (tertiary/aromatic N) is 3. The molecule has 1 aliphatic heterocycles. The number of amides is 1. The molecule has 120 valence electrons. The third kappa shape index (κ3) is 2.50. The van der Waals surface area contributed by atoms with Gasteiger partial charge in [0.25, 0.3) is 5.91 Å². The maximum atomic E-state index is 13.2. The summed E-state index contributed by atoms with van der Waals surface area (Å²) in [6.45, 7) is 2.73. The predicted octanol–water partition coefficient (Wildman–Crippen LogP) is 1.34. The molecule has 4 rings (SSSR count). The van der Waals surface area contributed by atoms with E-state index >= 15 is 0 Å². The molecule has 1 aromatic heterocycles. The molecule has 1 amide bonds. The fraction of sp³-hybridized carbons (Fsp3) is 0.438. The summed E-state index contributed by atoms with van der Waals surface area (Å²) in [5.74, 6) is -0.510. The molecule has 1 saturated carbocycles. The zero-order valence-electron chi connectivity index (χ0n) is 12.8. The second kappa shape index (κ2) is 5.13. The van der Waals surface area contributed by atoms with E-state index in [4.69, 9.17) is 0 Å². The minimum Gasteiger partial charge on any atom is -0.346 e. The first kappa shape index (κ1) is 14.3. The molecule has 0 radical (unpaired) electrons. The van der Waals surface area contributed by atoms with Crippen LogP contribution in [0.25, 0.3) is 5.69 Å². The third-order valence-electron chi connectivity index (χ3n) is 4.80. The Labute approximate surface area is 133 Å². The van der Waals surface area contributed by atoms with E-state index in [1.165, 1.54) is 16.8 Å². The highest BCUT2D eigenvalue weighted by Gasteiger charge is 2.52. The zero-order valence-corrected chi connectivity index (χ0v) is 12.8. The topological polar surface area (TPSA) is 71.8 Å².